The average molecular weight is 233 g/mol. The monoisotopic (exact) mass is 233 g/mol. The van der Waals surface area contributed by atoms with Gasteiger partial charge in [-0.15, -0.1) is 0 Å². The van der Waals surface area contributed by atoms with Crippen LogP contribution in [0.5, 0.6) is 0 Å². The second kappa shape index (κ2) is 5.27. The lowest BCUT2D eigenvalue weighted by atomic mass is 10.1. The summed E-state index contributed by atoms with van der Waals surface area (Å²) in [5.41, 5.74) is 1.09. The van der Waals surface area contributed by atoms with Crippen molar-refractivity contribution in [1.29, 1.82) is 0 Å². The molecule has 0 saturated carbocycles. The molecular formula is C13H19N3O. The minimum Gasteiger partial charge on any atom is -0.351 e. The van der Waals surface area contributed by atoms with Gasteiger partial charge < -0.3 is 5.32 Å². The number of aromatic nitrogens is 1. The van der Waals surface area contributed by atoms with Crippen LogP contribution < -0.4 is 5.32 Å². The molecule has 1 aromatic heterocycles. The fraction of sp³-hybridized carbons (Fsp3) is 0.538. The summed E-state index contributed by atoms with van der Waals surface area (Å²) in [6, 6.07) is 3.87. The lowest BCUT2D eigenvalue weighted by Crippen LogP contribution is -2.41. The number of nitrogens with zero attached hydrogens (tertiary/aromatic N) is 2. The quantitative estimate of drug-likeness (QED) is 0.848. The topological polar surface area (TPSA) is 45.2 Å². The highest BCUT2D eigenvalue weighted by Gasteiger charge is 2.31. The molecule has 0 radical (unpaired) electrons. The Bertz CT molecular complexity index is 380. The third-order valence-electron chi connectivity index (χ3n) is 3.28. The summed E-state index contributed by atoms with van der Waals surface area (Å²) in [6.07, 6.45) is 4.44. The van der Waals surface area contributed by atoms with Crippen LogP contribution in [0.25, 0.3) is 0 Å². The highest BCUT2D eigenvalue weighted by Crippen LogP contribution is 2.20. The molecule has 0 bridgehead atoms. The molecule has 0 aromatic carbocycles. The highest BCUT2D eigenvalue weighted by atomic mass is 16.2. The largest absolute Gasteiger partial charge is 0.351 e. The number of hydrogen-bond donors (Lipinski definition) is 1. The molecule has 4 heteroatoms. The van der Waals surface area contributed by atoms with Crippen LogP contribution in [-0.2, 0) is 11.3 Å². The van der Waals surface area contributed by atoms with Gasteiger partial charge >= 0.3 is 0 Å². The number of hydrogen-bond acceptors (Lipinski definition) is 3. The van der Waals surface area contributed by atoms with Crippen molar-refractivity contribution >= 4 is 5.91 Å². The van der Waals surface area contributed by atoms with Crippen molar-refractivity contribution in [1.82, 2.24) is 15.2 Å². The molecule has 1 fully saturated rings. The zero-order valence-corrected chi connectivity index (χ0v) is 10.4. The lowest BCUT2D eigenvalue weighted by Gasteiger charge is -2.18. The molecule has 2 atom stereocenters. The van der Waals surface area contributed by atoms with E-state index in [1.807, 2.05) is 19.2 Å². The van der Waals surface area contributed by atoms with Crippen molar-refractivity contribution in [3.63, 3.8) is 0 Å². The minimum absolute atomic E-state index is 0.0341. The minimum atomic E-state index is 0.0341. The summed E-state index contributed by atoms with van der Waals surface area (Å²) in [5, 5.41) is 2.98. The molecule has 4 nitrogen and oxygen atoms in total. The standard InChI is InChI=1S/C13H19N3O/c1-10-7-12(16(2)9-10)13(17)15-8-11-3-5-14-6-4-11/h3-6,10,12H,7-9H2,1-2H3,(H,15,17)/t10?,12-/m0/s1. The van der Waals surface area contributed by atoms with Crippen molar-refractivity contribution in [2.45, 2.75) is 25.9 Å². The van der Waals surface area contributed by atoms with Crippen molar-refractivity contribution in [2.24, 2.45) is 5.92 Å². The van der Waals surface area contributed by atoms with Crippen LogP contribution in [0.3, 0.4) is 0 Å². The van der Waals surface area contributed by atoms with Gasteiger partial charge in [-0.2, -0.15) is 0 Å². The van der Waals surface area contributed by atoms with Gasteiger partial charge in [0.05, 0.1) is 6.04 Å². The van der Waals surface area contributed by atoms with Gasteiger partial charge in [0.15, 0.2) is 0 Å². The first kappa shape index (κ1) is 12.0. The van der Waals surface area contributed by atoms with E-state index < -0.39 is 0 Å². The fourth-order valence-corrected chi connectivity index (χ4v) is 2.37. The molecule has 1 unspecified atom stereocenters. The van der Waals surface area contributed by atoms with E-state index in [0.717, 1.165) is 18.5 Å². The fourth-order valence-electron chi connectivity index (χ4n) is 2.37. The van der Waals surface area contributed by atoms with Crippen LogP contribution in [0.1, 0.15) is 18.9 Å². The molecule has 2 rings (SSSR count). The maximum atomic E-state index is 12.0. The summed E-state index contributed by atoms with van der Waals surface area (Å²) in [6.45, 7) is 3.78. The first-order valence-electron chi connectivity index (χ1n) is 6.03. The third kappa shape index (κ3) is 3.03. The maximum Gasteiger partial charge on any atom is 0.237 e. The average Bonchev–Trinajstić information content (AvgIpc) is 2.67. The van der Waals surface area contributed by atoms with E-state index in [4.69, 9.17) is 0 Å². The van der Waals surface area contributed by atoms with Gasteiger partial charge in [-0.3, -0.25) is 14.7 Å². The van der Waals surface area contributed by atoms with E-state index in [2.05, 4.69) is 22.1 Å². The zero-order chi connectivity index (χ0) is 12.3. The number of likely N-dealkylation sites (tertiary alicyclic amines) is 1. The highest BCUT2D eigenvalue weighted by molar-refractivity contribution is 5.82. The van der Waals surface area contributed by atoms with E-state index in [9.17, 15) is 4.79 Å². The van der Waals surface area contributed by atoms with Crippen molar-refractivity contribution < 1.29 is 4.79 Å². The summed E-state index contributed by atoms with van der Waals surface area (Å²) in [4.78, 5) is 18.1. The van der Waals surface area contributed by atoms with Crippen molar-refractivity contribution in [3.05, 3.63) is 30.1 Å². The van der Waals surface area contributed by atoms with Gasteiger partial charge in [0.2, 0.25) is 5.91 Å². The van der Waals surface area contributed by atoms with Crippen LogP contribution in [0.2, 0.25) is 0 Å². The Kier molecular flexibility index (Phi) is 3.74. The molecule has 1 saturated heterocycles. The van der Waals surface area contributed by atoms with Crippen molar-refractivity contribution in [2.75, 3.05) is 13.6 Å². The van der Waals surface area contributed by atoms with Gasteiger partial charge in [-0.1, -0.05) is 6.92 Å². The van der Waals surface area contributed by atoms with Gasteiger partial charge in [-0.05, 0) is 37.1 Å². The summed E-state index contributed by atoms with van der Waals surface area (Å²) in [5.74, 6) is 0.741. The predicted molar refractivity (Wildman–Crippen MR) is 66.3 cm³/mol. The number of carbonyl (C=O) groups is 1. The summed E-state index contributed by atoms with van der Waals surface area (Å²) >= 11 is 0. The Morgan fingerprint density at radius 3 is 2.82 bits per heavy atom. The SMILES string of the molecule is CC1C[C@@H](C(=O)NCc2ccncc2)N(C)C1. The van der Waals surface area contributed by atoms with Gasteiger partial charge in [0.25, 0.3) is 0 Å². The molecule has 1 amide bonds. The van der Waals surface area contributed by atoms with Crippen LogP contribution in [0.15, 0.2) is 24.5 Å². The normalized spacial score (nSPS) is 24.8. The Balaban J connectivity index is 1.86. The Morgan fingerprint density at radius 1 is 1.53 bits per heavy atom. The maximum absolute atomic E-state index is 12.0. The van der Waals surface area contributed by atoms with E-state index in [-0.39, 0.29) is 11.9 Å². The molecule has 0 spiro atoms. The number of nitrogens with one attached hydrogen (secondary N) is 1. The molecule has 92 valence electrons. The molecule has 17 heavy (non-hydrogen) atoms. The number of amides is 1. The molecule has 2 heterocycles. The van der Waals surface area contributed by atoms with E-state index >= 15 is 0 Å². The second-order valence-corrected chi connectivity index (χ2v) is 4.87. The second-order valence-electron chi connectivity index (χ2n) is 4.87. The third-order valence-corrected chi connectivity index (χ3v) is 3.28. The summed E-state index contributed by atoms with van der Waals surface area (Å²) < 4.78 is 0. The Morgan fingerprint density at radius 2 is 2.24 bits per heavy atom. The van der Waals surface area contributed by atoms with Crippen LogP contribution in [0, 0.1) is 5.92 Å². The zero-order valence-electron chi connectivity index (χ0n) is 10.4. The summed E-state index contributed by atoms with van der Waals surface area (Å²) in [7, 11) is 2.01. The molecular weight excluding hydrogens is 214 g/mol. The van der Waals surface area contributed by atoms with Crippen LogP contribution >= 0.6 is 0 Å². The number of rotatable bonds is 3. The number of pyridine rings is 1. The molecule has 1 aliphatic heterocycles. The van der Waals surface area contributed by atoms with E-state index in [1.165, 1.54) is 0 Å². The first-order valence-corrected chi connectivity index (χ1v) is 6.03. The molecule has 1 aromatic rings. The molecule has 1 N–H and O–H groups in total. The molecule has 0 aliphatic carbocycles. The Hall–Kier alpha value is -1.42. The van der Waals surface area contributed by atoms with Gasteiger partial charge in [0, 0.05) is 25.5 Å². The smallest absolute Gasteiger partial charge is 0.237 e. The van der Waals surface area contributed by atoms with Gasteiger partial charge in [0.1, 0.15) is 0 Å². The Labute approximate surface area is 102 Å². The van der Waals surface area contributed by atoms with Crippen LogP contribution in [0.4, 0.5) is 0 Å². The lowest BCUT2D eigenvalue weighted by molar-refractivity contribution is -0.125. The number of carbonyl (C=O) groups excluding carboxylic acids is 1. The van der Waals surface area contributed by atoms with Crippen molar-refractivity contribution in [3.8, 4) is 0 Å². The van der Waals surface area contributed by atoms with Crippen LogP contribution in [-0.4, -0.2) is 35.4 Å². The van der Waals surface area contributed by atoms with E-state index in [1.54, 1.807) is 12.4 Å². The van der Waals surface area contributed by atoms with E-state index in [0.29, 0.717) is 12.5 Å². The number of likely N-dealkylation sites (N-methyl/N-ethyl adjacent to an activating group) is 1. The molecule has 1 aliphatic rings. The van der Waals surface area contributed by atoms with Gasteiger partial charge in [-0.25, -0.2) is 0 Å². The first-order chi connectivity index (χ1) is 8.16. The predicted octanol–water partition coefficient (Wildman–Crippen LogP) is 1.04.